The van der Waals surface area contributed by atoms with E-state index in [0.717, 1.165) is 23.8 Å². The van der Waals surface area contributed by atoms with Gasteiger partial charge in [-0.3, -0.25) is 14.2 Å². The molecule has 47 heavy (non-hydrogen) atoms. The van der Waals surface area contributed by atoms with Gasteiger partial charge in [0.25, 0.3) is 5.56 Å². The smallest absolute Gasteiger partial charge is 0.416 e. The second-order valence-corrected chi connectivity index (χ2v) is 13.3. The maximum atomic E-state index is 14.2. The van der Waals surface area contributed by atoms with Crippen LogP contribution in [0.1, 0.15) is 69.6 Å². The van der Waals surface area contributed by atoms with Crippen molar-refractivity contribution >= 4 is 46.3 Å². The van der Waals surface area contributed by atoms with Gasteiger partial charge >= 0.3 is 12.3 Å². The number of halogens is 4. The normalized spacial score (nSPS) is 20.3. The summed E-state index contributed by atoms with van der Waals surface area (Å²) in [5.41, 5.74) is -0.211. The number of benzene rings is 1. The molecule has 16 heteroatoms. The Balaban J connectivity index is 1.39. The van der Waals surface area contributed by atoms with Gasteiger partial charge in [0.1, 0.15) is 17.3 Å². The first-order valence-corrected chi connectivity index (χ1v) is 15.7. The molecule has 1 saturated heterocycles. The number of ether oxygens (including phenoxy) is 2. The number of fused-ring (bicyclic) bond motifs is 3. The van der Waals surface area contributed by atoms with Gasteiger partial charge in [-0.1, -0.05) is 24.6 Å². The van der Waals surface area contributed by atoms with Crippen LogP contribution >= 0.6 is 11.6 Å². The summed E-state index contributed by atoms with van der Waals surface area (Å²) in [6.45, 7) is 9.43. The predicted octanol–water partition coefficient (Wildman–Crippen LogP) is 5.11. The van der Waals surface area contributed by atoms with Crippen molar-refractivity contribution < 1.29 is 32.2 Å². The lowest BCUT2D eigenvalue weighted by molar-refractivity contribution is -0.137. The van der Waals surface area contributed by atoms with Gasteiger partial charge < -0.3 is 24.6 Å². The van der Waals surface area contributed by atoms with Crippen molar-refractivity contribution in [3.8, 4) is 0 Å². The maximum absolute atomic E-state index is 14.2. The van der Waals surface area contributed by atoms with E-state index in [1.807, 2.05) is 17.9 Å². The number of nitrogens with zero attached hydrogens (tertiary/aromatic N) is 6. The topological polar surface area (TPSA) is 123 Å². The molecule has 2 amide bonds. The number of carbonyl (C=O) groups excluding carboxylic acids is 2. The molecule has 5 heterocycles. The minimum Gasteiger partial charge on any atom is -0.444 e. The predicted molar refractivity (Wildman–Crippen MR) is 168 cm³/mol. The van der Waals surface area contributed by atoms with Crippen LogP contribution in [0.25, 0.3) is 11.4 Å². The fraction of sp³-hybridized carbons (Fsp3) is 0.516. The van der Waals surface area contributed by atoms with E-state index in [9.17, 15) is 27.6 Å². The Hall–Kier alpha value is -4.11. The third-order valence-corrected chi connectivity index (χ3v) is 8.73. The van der Waals surface area contributed by atoms with Crippen LogP contribution in [-0.4, -0.2) is 81.1 Å². The number of alkyl halides is 3. The van der Waals surface area contributed by atoms with Crippen molar-refractivity contribution in [2.45, 2.75) is 64.3 Å². The summed E-state index contributed by atoms with van der Waals surface area (Å²) in [6, 6.07) is 1.84. The number of amides is 2. The number of aromatic nitrogens is 4. The van der Waals surface area contributed by atoms with Gasteiger partial charge in [-0.15, -0.1) is 5.10 Å². The Kier molecular flexibility index (Phi) is 8.49. The van der Waals surface area contributed by atoms with Gasteiger partial charge in [-0.25, -0.2) is 4.79 Å². The van der Waals surface area contributed by atoms with Crippen LogP contribution in [0.15, 0.2) is 29.1 Å². The summed E-state index contributed by atoms with van der Waals surface area (Å²) >= 11 is 6.17. The third kappa shape index (κ3) is 6.42. The molecule has 3 aliphatic rings. The zero-order valence-electron chi connectivity index (χ0n) is 26.4. The van der Waals surface area contributed by atoms with Crippen molar-refractivity contribution in [3.05, 3.63) is 56.7 Å². The molecule has 3 aliphatic heterocycles. The zero-order valence-corrected chi connectivity index (χ0v) is 27.1. The van der Waals surface area contributed by atoms with Crippen molar-refractivity contribution in [2.75, 3.05) is 49.6 Å². The van der Waals surface area contributed by atoms with Gasteiger partial charge in [0.15, 0.2) is 5.82 Å². The molecule has 6 rings (SSSR count). The Morgan fingerprint density at radius 3 is 2.47 bits per heavy atom. The van der Waals surface area contributed by atoms with E-state index >= 15 is 0 Å². The van der Waals surface area contributed by atoms with Gasteiger partial charge in [0, 0.05) is 32.1 Å². The van der Waals surface area contributed by atoms with Crippen molar-refractivity contribution in [2.24, 2.45) is 0 Å². The van der Waals surface area contributed by atoms with E-state index in [-0.39, 0.29) is 28.8 Å². The Bertz CT molecular complexity index is 1820. The first kappa shape index (κ1) is 32.8. The lowest BCUT2D eigenvalue weighted by atomic mass is 10.0. The van der Waals surface area contributed by atoms with Crippen LogP contribution in [0.3, 0.4) is 0 Å². The molecule has 12 nitrogen and oxygen atoms in total. The average molecular weight is 678 g/mol. The summed E-state index contributed by atoms with van der Waals surface area (Å²) in [5, 5.41) is 7.00. The van der Waals surface area contributed by atoms with E-state index in [1.165, 1.54) is 4.52 Å². The number of hydrogen-bond donors (Lipinski definition) is 1. The van der Waals surface area contributed by atoms with E-state index in [1.54, 1.807) is 30.2 Å². The number of rotatable bonds is 4. The molecule has 1 aromatic carbocycles. The quantitative estimate of drug-likeness (QED) is 0.404. The van der Waals surface area contributed by atoms with E-state index in [4.69, 9.17) is 26.1 Å². The van der Waals surface area contributed by atoms with Crippen LogP contribution in [0.4, 0.5) is 29.3 Å². The van der Waals surface area contributed by atoms with Crippen molar-refractivity contribution in [1.29, 1.82) is 0 Å². The molecule has 0 bridgehead atoms. The highest BCUT2D eigenvalue weighted by Gasteiger charge is 2.41. The Labute approximate surface area is 273 Å². The van der Waals surface area contributed by atoms with Crippen LogP contribution in [0.2, 0.25) is 5.02 Å². The minimum absolute atomic E-state index is 0.0239. The monoisotopic (exact) mass is 677 g/mol. The van der Waals surface area contributed by atoms with Crippen LogP contribution in [-0.2, 0) is 20.4 Å². The first-order chi connectivity index (χ1) is 22.1. The number of carbonyl (C=O) groups is 2. The molecule has 0 radical (unpaired) electrons. The van der Waals surface area contributed by atoms with Crippen molar-refractivity contribution in [1.82, 2.24) is 24.1 Å². The lowest BCUT2D eigenvalue weighted by Crippen LogP contribution is -2.51. The van der Waals surface area contributed by atoms with Gasteiger partial charge in [0.05, 0.1) is 35.2 Å². The number of piperazine rings is 1. The lowest BCUT2D eigenvalue weighted by Gasteiger charge is -2.37. The van der Waals surface area contributed by atoms with Crippen LogP contribution < -0.4 is 15.8 Å². The van der Waals surface area contributed by atoms with E-state index < -0.39 is 40.9 Å². The zero-order chi connectivity index (χ0) is 33.8. The molecular weight excluding hydrogens is 643 g/mol. The molecule has 252 valence electrons. The molecular formula is C31H35ClF3N7O5. The van der Waals surface area contributed by atoms with Gasteiger partial charge in [-0.05, 0) is 57.4 Å². The number of hydrogen-bond acceptors (Lipinski definition) is 8. The highest BCUT2D eigenvalue weighted by Crippen LogP contribution is 2.42. The summed E-state index contributed by atoms with van der Waals surface area (Å²) in [6.07, 6.45) is -2.35. The molecule has 2 aromatic heterocycles. The highest BCUT2D eigenvalue weighted by atomic mass is 35.5. The second kappa shape index (κ2) is 12.2. The van der Waals surface area contributed by atoms with Crippen LogP contribution in [0, 0.1) is 0 Å². The fourth-order valence-electron chi connectivity index (χ4n) is 6.19. The Morgan fingerprint density at radius 1 is 1.13 bits per heavy atom. The summed E-state index contributed by atoms with van der Waals surface area (Å²) in [4.78, 5) is 49.0. The molecule has 1 N–H and O–H groups in total. The average Bonchev–Trinajstić information content (AvgIpc) is 3.60. The SMILES string of the molecule is C[C@@H]1C[C@H](C(=O)Nc2ccc(C(F)(F)F)cc2Cl)n2c1c(N1CCN(C(=O)OC(C)(C)C)CC1)c(=O)n1nc(C3=CCOCC3)nc21. The molecule has 2 atom stereocenters. The molecule has 0 unspecified atom stereocenters. The van der Waals surface area contributed by atoms with Crippen LogP contribution in [0.5, 0.6) is 0 Å². The summed E-state index contributed by atoms with van der Waals surface area (Å²) in [7, 11) is 0. The third-order valence-electron chi connectivity index (χ3n) is 8.41. The molecule has 3 aromatic rings. The van der Waals surface area contributed by atoms with Gasteiger partial charge in [-0.2, -0.15) is 22.7 Å². The molecule has 1 fully saturated rings. The van der Waals surface area contributed by atoms with E-state index in [0.29, 0.717) is 63.0 Å². The standard InChI is InChI=1S/C31H35ClF3N7O5/c1-17-15-22(26(43)36-21-6-5-19(16-20(21)32)31(33,34)35)41-23(17)24(39-9-11-40(12-10-39)29(45)47-30(2,3)4)27(44)42-28(41)37-25(38-42)18-7-13-46-14-8-18/h5-7,16-17,22H,8-15H2,1-4H3,(H,36,43)/t17-,22-/m1/s1. The first-order valence-electron chi connectivity index (χ1n) is 15.3. The second-order valence-electron chi connectivity index (χ2n) is 12.9. The summed E-state index contributed by atoms with van der Waals surface area (Å²) < 4.78 is 53.5. The summed E-state index contributed by atoms with van der Waals surface area (Å²) in [5.74, 6) is -0.297. The molecule has 0 aliphatic carbocycles. The Morgan fingerprint density at radius 2 is 1.85 bits per heavy atom. The van der Waals surface area contributed by atoms with E-state index in [2.05, 4.69) is 10.4 Å². The molecule has 0 spiro atoms. The minimum atomic E-state index is -4.59. The largest absolute Gasteiger partial charge is 0.444 e. The molecule has 0 saturated carbocycles. The number of nitrogens with one attached hydrogen (secondary N) is 1. The fourth-order valence-corrected chi connectivity index (χ4v) is 6.42. The van der Waals surface area contributed by atoms with Gasteiger partial charge in [0.2, 0.25) is 11.7 Å². The van der Waals surface area contributed by atoms with Crippen molar-refractivity contribution in [3.63, 3.8) is 0 Å². The highest BCUT2D eigenvalue weighted by molar-refractivity contribution is 6.33. The number of anilines is 2. The maximum Gasteiger partial charge on any atom is 0.416 e.